The number of nitrogens with one attached hydrogen (secondary N) is 1. The number of nitrogens with zero attached hydrogens (tertiary/aromatic N) is 2. The van der Waals surface area contributed by atoms with Gasteiger partial charge in [0.15, 0.2) is 0 Å². The molecule has 0 fully saturated rings. The first-order valence-electron chi connectivity index (χ1n) is 13.8. The van der Waals surface area contributed by atoms with Crippen LogP contribution in [-0.4, -0.2) is 51.9 Å². The molecule has 0 radical (unpaired) electrons. The van der Waals surface area contributed by atoms with Crippen molar-refractivity contribution in [1.29, 1.82) is 0 Å². The van der Waals surface area contributed by atoms with Gasteiger partial charge in [0.25, 0.3) is 10.0 Å². The Morgan fingerprint density at radius 1 is 0.909 bits per heavy atom. The van der Waals surface area contributed by atoms with E-state index in [-0.39, 0.29) is 34.3 Å². The molecule has 0 saturated carbocycles. The Morgan fingerprint density at radius 3 is 2.20 bits per heavy atom. The van der Waals surface area contributed by atoms with Crippen LogP contribution in [0.3, 0.4) is 0 Å². The van der Waals surface area contributed by atoms with Crippen LogP contribution in [0, 0.1) is 6.92 Å². The molecule has 0 aliphatic carbocycles. The third-order valence-corrected chi connectivity index (χ3v) is 9.49. The molecule has 11 heteroatoms. The first-order valence-corrected chi connectivity index (χ1v) is 16.0. The van der Waals surface area contributed by atoms with Crippen LogP contribution >= 0.6 is 23.2 Å². The molecule has 1 N–H and O–H groups in total. The third kappa shape index (κ3) is 7.72. The Morgan fingerprint density at radius 2 is 1.57 bits per heavy atom. The molecule has 0 bridgehead atoms. The predicted molar refractivity (Wildman–Crippen MR) is 174 cm³/mol. The van der Waals surface area contributed by atoms with Gasteiger partial charge in [0.2, 0.25) is 11.8 Å². The molecule has 4 rings (SSSR count). The summed E-state index contributed by atoms with van der Waals surface area (Å²) in [6, 6.07) is 26.1. The molecule has 1 atom stereocenters. The number of carbonyl (C=O) groups is 2. The number of benzene rings is 4. The fraction of sp³-hybridized carbons (Fsp3) is 0.212. The summed E-state index contributed by atoms with van der Waals surface area (Å²) in [5, 5.41) is 3.31. The second kappa shape index (κ2) is 14.6. The van der Waals surface area contributed by atoms with Crippen LogP contribution in [0.2, 0.25) is 10.0 Å². The zero-order chi connectivity index (χ0) is 31.9. The number of ether oxygens (including phenoxy) is 1. The van der Waals surface area contributed by atoms with Gasteiger partial charge in [-0.15, -0.1) is 0 Å². The third-order valence-electron chi connectivity index (χ3n) is 7.11. The van der Waals surface area contributed by atoms with Crippen molar-refractivity contribution in [1.82, 2.24) is 10.2 Å². The molecule has 44 heavy (non-hydrogen) atoms. The maximum atomic E-state index is 14.4. The first-order chi connectivity index (χ1) is 21.0. The molecular formula is C33H33Cl2N3O5S. The van der Waals surface area contributed by atoms with E-state index >= 15 is 0 Å². The Labute approximate surface area is 268 Å². The molecule has 230 valence electrons. The van der Waals surface area contributed by atoms with Crippen LogP contribution in [0.15, 0.2) is 102 Å². The summed E-state index contributed by atoms with van der Waals surface area (Å²) < 4.78 is 34.9. The number of hydrogen-bond donors (Lipinski definition) is 1. The van der Waals surface area contributed by atoms with Crippen molar-refractivity contribution in [2.75, 3.05) is 25.0 Å². The van der Waals surface area contributed by atoms with Gasteiger partial charge in [-0.25, -0.2) is 8.42 Å². The van der Waals surface area contributed by atoms with Crippen LogP contribution in [0.25, 0.3) is 0 Å². The smallest absolute Gasteiger partial charge is 0.264 e. The normalized spacial score (nSPS) is 11.8. The highest BCUT2D eigenvalue weighted by Crippen LogP contribution is 2.35. The summed E-state index contributed by atoms with van der Waals surface area (Å²) in [7, 11) is -1.43. The van der Waals surface area contributed by atoms with Crippen molar-refractivity contribution in [2.45, 2.75) is 30.8 Å². The molecule has 4 aromatic carbocycles. The lowest BCUT2D eigenvalue weighted by molar-refractivity contribution is -0.139. The average molecular weight is 655 g/mol. The van der Waals surface area contributed by atoms with E-state index in [9.17, 15) is 18.0 Å². The lowest BCUT2D eigenvalue weighted by atomic mass is 10.0. The van der Waals surface area contributed by atoms with Crippen molar-refractivity contribution < 1.29 is 22.7 Å². The molecule has 4 aromatic rings. The van der Waals surface area contributed by atoms with Crippen LogP contribution < -0.4 is 14.4 Å². The van der Waals surface area contributed by atoms with E-state index in [1.807, 2.05) is 37.3 Å². The molecule has 0 aliphatic rings. The second-order valence-electron chi connectivity index (χ2n) is 10.1. The highest BCUT2D eigenvalue weighted by atomic mass is 35.5. The van der Waals surface area contributed by atoms with Gasteiger partial charge in [-0.3, -0.25) is 13.9 Å². The number of anilines is 1. The maximum absolute atomic E-state index is 14.4. The van der Waals surface area contributed by atoms with Gasteiger partial charge in [-0.1, -0.05) is 89.4 Å². The molecule has 0 aromatic heterocycles. The van der Waals surface area contributed by atoms with E-state index < -0.39 is 34.4 Å². The van der Waals surface area contributed by atoms with Crippen molar-refractivity contribution in [3.8, 4) is 5.75 Å². The largest absolute Gasteiger partial charge is 0.495 e. The fourth-order valence-electron chi connectivity index (χ4n) is 4.74. The zero-order valence-electron chi connectivity index (χ0n) is 24.5. The summed E-state index contributed by atoms with van der Waals surface area (Å²) in [6.45, 7) is 1.14. The monoisotopic (exact) mass is 653 g/mol. The van der Waals surface area contributed by atoms with Gasteiger partial charge < -0.3 is 15.0 Å². The number of likely N-dealkylation sites (N-methyl/N-ethyl adjacent to an activating group) is 1. The molecule has 0 aliphatic heterocycles. The molecule has 2 amide bonds. The van der Waals surface area contributed by atoms with Gasteiger partial charge in [0.1, 0.15) is 18.3 Å². The second-order valence-corrected chi connectivity index (χ2v) is 12.8. The number of halogens is 2. The first kappa shape index (κ1) is 32.9. The topological polar surface area (TPSA) is 96.0 Å². The minimum Gasteiger partial charge on any atom is -0.495 e. The number of hydrogen-bond acceptors (Lipinski definition) is 5. The lowest BCUT2D eigenvalue weighted by Gasteiger charge is -2.34. The van der Waals surface area contributed by atoms with Crippen LogP contribution in [-0.2, 0) is 32.6 Å². The van der Waals surface area contributed by atoms with Gasteiger partial charge in [0.05, 0.1) is 17.7 Å². The van der Waals surface area contributed by atoms with Crippen molar-refractivity contribution in [3.05, 3.63) is 124 Å². The number of methoxy groups -OCH3 is 1. The number of carbonyl (C=O) groups excluding carboxylic acids is 2. The Balaban J connectivity index is 1.85. The number of aryl methyl sites for hydroxylation is 1. The summed E-state index contributed by atoms with van der Waals surface area (Å²) in [5.74, 6) is -0.850. The number of sulfonamides is 1. The zero-order valence-corrected chi connectivity index (χ0v) is 26.9. The maximum Gasteiger partial charge on any atom is 0.264 e. The highest BCUT2D eigenvalue weighted by molar-refractivity contribution is 7.92. The minimum atomic E-state index is -4.32. The summed E-state index contributed by atoms with van der Waals surface area (Å²) in [4.78, 5) is 29.2. The van der Waals surface area contributed by atoms with E-state index in [1.54, 1.807) is 42.5 Å². The quantitative estimate of drug-likeness (QED) is 0.206. The number of amides is 2. The predicted octanol–water partition coefficient (Wildman–Crippen LogP) is 5.89. The standard InChI is InChI=1S/C33H33Cl2N3O5S/c1-23-13-16-27(17-14-23)44(41,42)38(29-20-26(34)15-18-31(29)43-3)22-32(39)37(21-25-11-7-8-12-28(25)35)30(33(40)36-2)19-24-9-5-4-6-10-24/h4-18,20,30H,19,21-22H2,1-3H3,(H,36,40)/t30-/m1/s1. The van der Waals surface area contributed by atoms with E-state index in [2.05, 4.69) is 5.32 Å². The summed E-state index contributed by atoms with van der Waals surface area (Å²) in [6.07, 6.45) is 0.182. The molecule has 0 heterocycles. The van der Waals surface area contributed by atoms with Crippen molar-refractivity contribution in [3.63, 3.8) is 0 Å². The van der Waals surface area contributed by atoms with E-state index in [0.717, 1.165) is 15.4 Å². The van der Waals surface area contributed by atoms with E-state index in [1.165, 1.54) is 43.3 Å². The van der Waals surface area contributed by atoms with Crippen molar-refractivity contribution >= 4 is 50.7 Å². The average Bonchev–Trinajstić information content (AvgIpc) is 3.02. The molecule has 8 nitrogen and oxygen atoms in total. The van der Waals surface area contributed by atoms with Gasteiger partial charge in [-0.05, 0) is 54.4 Å². The molecule has 0 saturated heterocycles. The Kier molecular flexibility index (Phi) is 10.9. The molecule has 0 spiro atoms. The number of rotatable bonds is 12. The van der Waals surface area contributed by atoms with Crippen LogP contribution in [0.5, 0.6) is 5.75 Å². The van der Waals surface area contributed by atoms with Crippen LogP contribution in [0.1, 0.15) is 16.7 Å². The van der Waals surface area contributed by atoms with E-state index in [4.69, 9.17) is 27.9 Å². The highest BCUT2D eigenvalue weighted by Gasteiger charge is 2.35. The Hall–Kier alpha value is -4.05. The van der Waals surface area contributed by atoms with Gasteiger partial charge in [-0.2, -0.15) is 0 Å². The van der Waals surface area contributed by atoms with Gasteiger partial charge >= 0.3 is 0 Å². The summed E-state index contributed by atoms with van der Waals surface area (Å²) in [5.41, 5.74) is 2.36. The van der Waals surface area contributed by atoms with E-state index in [0.29, 0.717) is 10.6 Å². The summed E-state index contributed by atoms with van der Waals surface area (Å²) >= 11 is 12.8. The minimum absolute atomic E-state index is 0.0253. The molecule has 0 unspecified atom stereocenters. The Bertz CT molecular complexity index is 1720. The van der Waals surface area contributed by atoms with Crippen LogP contribution in [0.4, 0.5) is 5.69 Å². The van der Waals surface area contributed by atoms with Gasteiger partial charge in [0, 0.05) is 30.1 Å². The molecular weight excluding hydrogens is 621 g/mol. The lowest BCUT2D eigenvalue weighted by Crippen LogP contribution is -2.53. The fourth-order valence-corrected chi connectivity index (χ4v) is 6.52. The van der Waals surface area contributed by atoms with Crippen molar-refractivity contribution in [2.24, 2.45) is 0 Å². The SMILES string of the molecule is CNC(=O)[C@@H](Cc1ccccc1)N(Cc1ccccc1Cl)C(=O)CN(c1cc(Cl)ccc1OC)S(=O)(=O)c1ccc(C)cc1.